The molecule has 21 heavy (non-hydrogen) atoms. The van der Waals surface area contributed by atoms with Gasteiger partial charge in [-0.3, -0.25) is 0 Å². The van der Waals surface area contributed by atoms with Crippen molar-refractivity contribution in [3.8, 4) is 0 Å². The standard InChI is InChI=1S/C12H12Br2F3NO2S/c13-9-3-4-10(14)11(6-9)21(19,20)18-5-1-2-8(7-18)12(15,16)17/h3-4,6,8H,1-2,5,7H2. The van der Waals surface area contributed by atoms with E-state index in [9.17, 15) is 21.6 Å². The van der Waals surface area contributed by atoms with E-state index in [2.05, 4.69) is 31.9 Å². The zero-order valence-electron chi connectivity index (χ0n) is 10.7. The van der Waals surface area contributed by atoms with Gasteiger partial charge in [0, 0.05) is 22.0 Å². The molecule has 1 aliphatic rings. The van der Waals surface area contributed by atoms with Gasteiger partial charge < -0.3 is 0 Å². The molecule has 0 aromatic heterocycles. The summed E-state index contributed by atoms with van der Waals surface area (Å²) in [5.41, 5.74) is 0. The Balaban J connectivity index is 2.33. The SMILES string of the molecule is O=S(=O)(c1cc(Br)ccc1Br)N1CCCC(C(F)(F)F)C1. The predicted octanol–water partition coefficient (Wildman–Crippen LogP) is 4.17. The normalized spacial score (nSPS) is 21.5. The van der Waals surface area contributed by atoms with Gasteiger partial charge in [-0.15, -0.1) is 0 Å². The third-order valence-corrected chi connectivity index (χ3v) is 6.71. The largest absolute Gasteiger partial charge is 0.393 e. The molecule has 0 N–H and O–H groups in total. The van der Waals surface area contributed by atoms with Crippen LogP contribution in [0.25, 0.3) is 0 Å². The summed E-state index contributed by atoms with van der Waals surface area (Å²) in [6, 6.07) is 4.58. The van der Waals surface area contributed by atoms with E-state index in [-0.39, 0.29) is 24.3 Å². The summed E-state index contributed by atoms with van der Waals surface area (Å²) >= 11 is 6.31. The maximum atomic E-state index is 12.8. The van der Waals surface area contributed by atoms with Crippen molar-refractivity contribution in [2.45, 2.75) is 23.9 Å². The molecule has 1 atom stereocenters. The van der Waals surface area contributed by atoms with Crippen molar-refractivity contribution in [3.63, 3.8) is 0 Å². The quantitative estimate of drug-likeness (QED) is 0.677. The van der Waals surface area contributed by atoms with Crippen LogP contribution < -0.4 is 0 Å². The van der Waals surface area contributed by atoms with Crippen LogP contribution in [0.2, 0.25) is 0 Å². The number of hydrogen-bond donors (Lipinski definition) is 0. The average Bonchev–Trinajstić information content (AvgIpc) is 2.40. The van der Waals surface area contributed by atoms with Crippen molar-refractivity contribution in [2.75, 3.05) is 13.1 Å². The summed E-state index contributed by atoms with van der Waals surface area (Å²) in [6.45, 7) is -0.418. The van der Waals surface area contributed by atoms with Crippen molar-refractivity contribution in [2.24, 2.45) is 5.92 Å². The lowest BCUT2D eigenvalue weighted by molar-refractivity contribution is -0.182. The van der Waals surface area contributed by atoms with Crippen LogP contribution in [-0.4, -0.2) is 32.0 Å². The maximum Gasteiger partial charge on any atom is 0.393 e. The molecule has 0 bridgehead atoms. The first-order valence-corrected chi connectivity index (χ1v) is 9.17. The van der Waals surface area contributed by atoms with Crippen LogP contribution in [-0.2, 0) is 10.0 Å². The fraction of sp³-hybridized carbons (Fsp3) is 0.500. The number of alkyl halides is 3. The molecule has 0 amide bonds. The van der Waals surface area contributed by atoms with E-state index >= 15 is 0 Å². The molecule has 0 spiro atoms. The number of halogens is 5. The molecule has 0 radical (unpaired) electrons. The Morgan fingerprint density at radius 1 is 1.24 bits per heavy atom. The van der Waals surface area contributed by atoms with Gasteiger partial charge in [0.15, 0.2) is 0 Å². The van der Waals surface area contributed by atoms with Crippen LogP contribution in [0.3, 0.4) is 0 Å². The zero-order chi connectivity index (χ0) is 15.8. The van der Waals surface area contributed by atoms with Crippen LogP contribution in [0.15, 0.2) is 32.0 Å². The van der Waals surface area contributed by atoms with Gasteiger partial charge in [-0.05, 0) is 47.0 Å². The van der Waals surface area contributed by atoms with E-state index in [4.69, 9.17) is 0 Å². The number of hydrogen-bond acceptors (Lipinski definition) is 2. The van der Waals surface area contributed by atoms with E-state index < -0.39 is 28.7 Å². The second-order valence-electron chi connectivity index (χ2n) is 4.82. The van der Waals surface area contributed by atoms with Crippen LogP contribution in [0.4, 0.5) is 13.2 Å². The monoisotopic (exact) mass is 449 g/mol. The molecule has 1 heterocycles. The Morgan fingerprint density at radius 2 is 1.90 bits per heavy atom. The van der Waals surface area contributed by atoms with Crippen molar-refractivity contribution in [1.82, 2.24) is 4.31 Å². The van der Waals surface area contributed by atoms with Gasteiger partial charge in [-0.1, -0.05) is 15.9 Å². The van der Waals surface area contributed by atoms with E-state index in [1.54, 1.807) is 12.1 Å². The molecule has 1 aromatic carbocycles. The smallest absolute Gasteiger partial charge is 0.207 e. The molecular formula is C12H12Br2F3NO2S. The Morgan fingerprint density at radius 3 is 2.52 bits per heavy atom. The highest BCUT2D eigenvalue weighted by Gasteiger charge is 2.44. The van der Waals surface area contributed by atoms with E-state index in [0.29, 0.717) is 8.95 Å². The highest BCUT2D eigenvalue weighted by Crippen LogP contribution is 2.36. The van der Waals surface area contributed by atoms with Gasteiger partial charge in [0.25, 0.3) is 0 Å². The molecule has 2 rings (SSSR count). The second-order valence-corrected chi connectivity index (χ2v) is 8.49. The first-order chi connectivity index (χ1) is 9.62. The minimum Gasteiger partial charge on any atom is -0.207 e. The van der Waals surface area contributed by atoms with Crippen molar-refractivity contribution in [1.29, 1.82) is 0 Å². The zero-order valence-corrected chi connectivity index (χ0v) is 14.7. The first kappa shape index (κ1) is 17.2. The number of rotatable bonds is 2. The lowest BCUT2D eigenvalue weighted by atomic mass is 9.99. The summed E-state index contributed by atoms with van der Waals surface area (Å²) in [5.74, 6) is -1.60. The van der Waals surface area contributed by atoms with Crippen molar-refractivity contribution < 1.29 is 21.6 Å². The number of sulfonamides is 1. The maximum absolute atomic E-state index is 12.8. The molecule has 118 valence electrons. The van der Waals surface area contributed by atoms with Gasteiger partial charge in [0.2, 0.25) is 10.0 Å². The third-order valence-electron chi connectivity index (χ3n) is 3.36. The molecule has 3 nitrogen and oxygen atoms in total. The molecule has 1 aromatic rings. The van der Waals surface area contributed by atoms with E-state index in [0.717, 1.165) is 4.31 Å². The lowest BCUT2D eigenvalue weighted by Crippen LogP contribution is -2.44. The molecule has 1 aliphatic heterocycles. The molecule has 0 aliphatic carbocycles. The highest BCUT2D eigenvalue weighted by molar-refractivity contribution is 9.11. The Kier molecular flexibility index (Phi) is 5.07. The molecule has 1 unspecified atom stereocenters. The minimum absolute atomic E-state index is 0.0281. The summed E-state index contributed by atoms with van der Waals surface area (Å²) < 4.78 is 65.3. The van der Waals surface area contributed by atoms with Crippen LogP contribution in [0, 0.1) is 5.92 Å². The highest BCUT2D eigenvalue weighted by atomic mass is 79.9. The average molecular weight is 451 g/mol. The Bertz CT molecular complexity index is 634. The fourth-order valence-corrected chi connectivity index (χ4v) is 5.23. The molecule has 0 saturated carbocycles. The molecule has 1 fully saturated rings. The minimum atomic E-state index is -4.37. The van der Waals surface area contributed by atoms with Crippen LogP contribution in [0.5, 0.6) is 0 Å². The topological polar surface area (TPSA) is 37.4 Å². The molecular weight excluding hydrogens is 439 g/mol. The predicted molar refractivity (Wildman–Crippen MR) is 79.4 cm³/mol. The fourth-order valence-electron chi connectivity index (χ4n) is 2.24. The summed E-state index contributed by atoms with van der Waals surface area (Å²) in [7, 11) is -3.95. The van der Waals surface area contributed by atoms with Gasteiger partial charge in [0.1, 0.15) is 0 Å². The number of piperidine rings is 1. The van der Waals surface area contributed by atoms with Gasteiger partial charge in [-0.2, -0.15) is 17.5 Å². The number of benzene rings is 1. The van der Waals surface area contributed by atoms with Gasteiger partial charge >= 0.3 is 6.18 Å². The first-order valence-electron chi connectivity index (χ1n) is 6.14. The number of nitrogens with zero attached hydrogens (tertiary/aromatic N) is 1. The van der Waals surface area contributed by atoms with E-state index in [1.165, 1.54) is 6.07 Å². The lowest BCUT2D eigenvalue weighted by Gasteiger charge is -2.33. The Labute approximate surface area is 137 Å². The third kappa shape index (κ3) is 3.80. The van der Waals surface area contributed by atoms with Gasteiger partial charge in [0.05, 0.1) is 10.8 Å². The van der Waals surface area contributed by atoms with Crippen molar-refractivity contribution in [3.05, 3.63) is 27.1 Å². The molecule has 9 heteroatoms. The summed E-state index contributed by atoms with van der Waals surface area (Å²) in [4.78, 5) is -0.0281. The molecule has 1 saturated heterocycles. The van der Waals surface area contributed by atoms with Crippen molar-refractivity contribution >= 4 is 41.9 Å². The summed E-state index contributed by atoms with van der Waals surface area (Å²) in [6.07, 6.45) is -4.20. The van der Waals surface area contributed by atoms with E-state index in [1.807, 2.05) is 0 Å². The van der Waals surface area contributed by atoms with Crippen LogP contribution >= 0.6 is 31.9 Å². The summed E-state index contributed by atoms with van der Waals surface area (Å²) in [5, 5.41) is 0. The van der Waals surface area contributed by atoms with Gasteiger partial charge in [-0.25, -0.2) is 8.42 Å². The second kappa shape index (κ2) is 6.17. The Hall–Kier alpha value is -0.120. The van der Waals surface area contributed by atoms with Crippen LogP contribution in [0.1, 0.15) is 12.8 Å².